The maximum atomic E-state index is 13.8. The van der Waals surface area contributed by atoms with Crippen molar-refractivity contribution in [2.45, 2.75) is 77.7 Å². The molecule has 0 spiro atoms. The van der Waals surface area contributed by atoms with Crippen molar-refractivity contribution < 1.29 is 22.4 Å². The number of rotatable bonds is 10. The van der Waals surface area contributed by atoms with Gasteiger partial charge in [-0.05, 0) is 87.2 Å². The second-order valence-electron chi connectivity index (χ2n) is 14.5. The highest BCUT2D eigenvalue weighted by Gasteiger charge is 2.34. The van der Waals surface area contributed by atoms with E-state index in [2.05, 4.69) is 36.1 Å². The Balaban J connectivity index is 1.07. The lowest BCUT2D eigenvalue weighted by atomic mass is 9.90. The summed E-state index contributed by atoms with van der Waals surface area (Å²) in [5.74, 6) is 1.05. The number of anilines is 2. The molecule has 0 radical (unpaired) electrons. The van der Waals surface area contributed by atoms with Crippen molar-refractivity contribution in [1.29, 1.82) is 0 Å². The maximum Gasteiger partial charge on any atom is 0.324 e. The van der Waals surface area contributed by atoms with Gasteiger partial charge in [0.1, 0.15) is 27.8 Å². The monoisotopic (exact) mass is 742 g/mol. The number of hydrogen-bond donors (Lipinski definition) is 3. The summed E-state index contributed by atoms with van der Waals surface area (Å²) in [6.07, 6.45) is 2.31. The molecule has 5 aromatic rings. The number of thiophene rings is 1. The Morgan fingerprint density at radius 1 is 0.942 bits per heavy atom. The van der Waals surface area contributed by atoms with Crippen LogP contribution in [-0.4, -0.2) is 48.1 Å². The molecule has 2 aromatic carbocycles. The van der Waals surface area contributed by atoms with Crippen LogP contribution in [0.3, 0.4) is 0 Å². The van der Waals surface area contributed by atoms with E-state index in [4.69, 9.17) is 9.52 Å². The van der Waals surface area contributed by atoms with Gasteiger partial charge < -0.3 is 14.6 Å². The standard InChI is InChI=1S/C39H46N6O5S2/c1-25-12-14-31(15-13-25)45-34(23-33(43-45)39(4,5)6)42-38(47)41-30-10-7-9-29(22-30)21-28-16-18-44(19-17-28)37(46)35-26(2)50-27(3)36(35)52(48,49)40-24-32-11-8-20-51-32/h7-15,20,22-23,28,40H,16-19,21,24H2,1-6H3,(H2,41,42,47). The number of carbonyl (C=O) groups is 2. The van der Waals surface area contributed by atoms with Crippen LogP contribution in [0.25, 0.3) is 5.69 Å². The lowest BCUT2D eigenvalue weighted by Gasteiger charge is -2.32. The summed E-state index contributed by atoms with van der Waals surface area (Å²) < 4.78 is 36.8. The van der Waals surface area contributed by atoms with Gasteiger partial charge in [0.2, 0.25) is 10.0 Å². The van der Waals surface area contributed by atoms with Crippen molar-refractivity contribution in [3.63, 3.8) is 0 Å². The number of carbonyl (C=O) groups excluding carboxylic acids is 2. The molecule has 1 aliphatic heterocycles. The number of aromatic nitrogens is 2. The van der Waals surface area contributed by atoms with Gasteiger partial charge in [-0.25, -0.2) is 22.6 Å². The minimum Gasteiger partial charge on any atom is -0.464 e. The number of urea groups is 1. The Morgan fingerprint density at radius 2 is 1.67 bits per heavy atom. The van der Waals surface area contributed by atoms with E-state index in [1.54, 1.807) is 23.4 Å². The fraction of sp³-hybridized carbons (Fsp3) is 0.359. The lowest BCUT2D eigenvalue weighted by molar-refractivity contribution is 0.0685. The first-order valence-electron chi connectivity index (χ1n) is 17.4. The second-order valence-corrected chi connectivity index (χ2v) is 17.2. The third kappa shape index (κ3) is 8.49. The van der Waals surface area contributed by atoms with Gasteiger partial charge in [-0.1, -0.05) is 56.7 Å². The topological polar surface area (TPSA) is 139 Å². The molecule has 0 unspecified atom stereocenters. The van der Waals surface area contributed by atoms with Crippen LogP contribution >= 0.6 is 11.3 Å². The first kappa shape index (κ1) is 37.1. The van der Waals surface area contributed by atoms with Crippen LogP contribution in [-0.2, 0) is 28.4 Å². The van der Waals surface area contributed by atoms with Crippen LogP contribution in [0.5, 0.6) is 0 Å². The fourth-order valence-corrected chi connectivity index (χ4v) is 8.64. The molecule has 1 fully saturated rings. The highest BCUT2D eigenvalue weighted by atomic mass is 32.2. The number of furan rings is 1. The Kier molecular flexibility index (Phi) is 10.8. The number of aryl methyl sites for hydroxylation is 3. The SMILES string of the molecule is Cc1ccc(-n2nc(C(C)(C)C)cc2NC(=O)Nc2cccc(CC3CCN(C(=O)c4c(C)oc(C)c4S(=O)(=O)NCc4cccs4)CC3)c2)cc1. The molecule has 3 N–H and O–H groups in total. The molecule has 6 rings (SSSR count). The van der Waals surface area contributed by atoms with Crippen LogP contribution < -0.4 is 15.4 Å². The van der Waals surface area contributed by atoms with E-state index < -0.39 is 10.0 Å². The fourth-order valence-electron chi connectivity index (χ4n) is 6.49. The number of hydrogen-bond acceptors (Lipinski definition) is 7. The van der Waals surface area contributed by atoms with E-state index >= 15 is 0 Å². The van der Waals surface area contributed by atoms with Crippen LogP contribution in [0.1, 0.15) is 77.2 Å². The number of nitrogens with one attached hydrogen (secondary N) is 3. The summed E-state index contributed by atoms with van der Waals surface area (Å²) in [5.41, 5.74) is 4.50. The summed E-state index contributed by atoms with van der Waals surface area (Å²) in [4.78, 5) is 29.5. The Bertz CT molecular complexity index is 2150. The van der Waals surface area contributed by atoms with Gasteiger partial charge in [0, 0.05) is 41.7 Å². The Morgan fingerprint density at radius 3 is 2.35 bits per heavy atom. The zero-order valence-electron chi connectivity index (χ0n) is 30.4. The van der Waals surface area contributed by atoms with Gasteiger partial charge in [-0.2, -0.15) is 5.10 Å². The summed E-state index contributed by atoms with van der Waals surface area (Å²) in [5, 5.41) is 12.7. The van der Waals surface area contributed by atoms with Crippen LogP contribution in [0.4, 0.5) is 16.3 Å². The molecule has 13 heteroatoms. The molecular formula is C39H46N6O5S2. The third-order valence-electron chi connectivity index (χ3n) is 9.31. The minimum absolute atomic E-state index is 0.0868. The molecular weight excluding hydrogens is 697 g/mol. The van der Waals surface area contributed by atoms with Gasteiger partial charge in [0.05, 0.1) is 11.4 Å². The van der Waals surface area contributed by atoms with E-state index in [9.17, 15) is 18.0 Å². The number of benzene rings is 2. The molecule has 3 amide bonds. The second kappa shape index (κ2) is 15.1. The molecule has 4 heterocycles. The van der Waals surface area contributed by atoms with Crippen LogP contribution in [0.2, 0.25) is 0 Å². The number of piperidine rings is 1. The smallest absolute Gasteiger partial charge is 0.324 e. The van der Waals surface area contributed by atoms with Gasteiger partial charge >= 0.3 is 6.03 Å². The van der Waals surface area contributed by atoms with Crippen molar-refractivity contribution >= 4 is 44.8 Å². The van der Waals surface area contributed by atoms with Crippen molar-refractivity contribution in [2.24, 2.45) is 5.92 Å². The molecule has 274 valence electrons. The molecule has 1 saturated heterocycles. The Labute approximate surface area is 309 Å². The van der Waals surface area contributed by atoms with Crippen molar-refractivity contribution in [1.82, 2.24) is 19.4 Å². The Hall–Kier alpha value is -4.72. The number of nitrogens with zero attached hydrogens (tertiary/aromatic N) is 3. The van der Waals surface area contributed by atoms with Gasteiger partial charge in [-0.15, -0.1) is 11.3 Å². The van der Waals surface area contributed by atoms with E-state index in [-0.39, 0.29) is 40.1 Å². The van der Waals surface area contributed by atoms with Crippen LogP contribution in [0.15, 0.2) is 81.4 Å². The average Bonchev–Trinajstić information content (AvgIpc) is 3.84. The predicted octanol–water partition coefficient (Wildman–Crippen LogP) is 7.97. The highest BCUT2D eigenvalue weighted by molar-refractivity contribution is 7.89. The first-order chi connectivity index (χ1) is 24.7. The van der Waals surface area contributed by atoms with E-state index in [1.165, 1.54) is 11.3 Å². The molecule has 0 saturated carbocycles. The lowest BCUT2D eigenvalue weighted by Crippen LogP contribution is -2.40. The van der Waals surface area contributed by atoms with E-state index in [0.717, 1.165) is 46.6 Å². The van der Waals surface area contributed by atoms with Crippen molar-refractivity contribution in [3.8, 4) is 5.69 Å². The van der Waals surface area contributed by atoms with Gasteiger partial charge in [0.25, 0.3) is 5.91 Å². The van der Waals surface area contributed by atoms with Crippen molar-refractivity contribution in [3.05, 3.63) is 111 Å². The largest absolute Gasteiger partial charge is 0.464 e. The summed E-state index contributed by atoms with van der Waals surface area (Å²) in [6.45, 7) is 12.6. The zero-order valence-corrected chi connectivity index (χ0v) is 32.1. The average molecular weight is 743 g/mol. The van der Waals surface area contributed by atoms with Crippen LogP contribution in [0, 0.1) is 26.7 Å². The molecule has 3 aromatic heterocycles. The highest BCUT2D eigenvalue weighted by Crippen LogP contribution is 2.31. The minimum atomic E-state index is -3.99. The van der Waals surface area contributed by atoms with Crippen molar-refractivity contribution in [2.75, 3.05) is 23.7 Å². The van der Waals surface area contributed by atoms with E-state index in [1.807, 2.05) is 79.0 Å². The number of likely N-dealkylation sites (tertiary alicyclic amines) is 1. The van der Waals surface area contributed by atoms with Gasteiger partial charge in [0.15, 0.2) is 0 Å². The molecule has 1 aliphatic rings. The quantitative estimate of drug-likeness (QED) is 0.133. The number of amides is 3. The molecule has 11 nitrogen and oxygen atoms in total. The predicted molar refractivity (Wildman–Crippen MR) is 205 cm³/mol. The maximum absolute atomic E-state index is 13.8. The molecule has 0 bridgehead atoms. The third-order valence-corrected chi connectivity index (χ3v) is 11.7. The molecule has 0 atom stereocenters. The zero-order chi connectivity index (χ0) is 37.2. The normalized spacial score (nSPS) is 14.1. The number of sulfonamides is 1. The summed E-state index contributed by atoms with van der Waals surface area (Å²) >= 11 is 1.46. The molecule has 0 aliphatic carbocycles. The van der Waals surface area contributed by atoms with Gasteiger partial charge in [-0.3, -0.25) is 10.1 Å². The summed E-state index contributed by atoms with van der Waals surface area (Å²) in [7, 11) is -3.99. The van der Waals surface area contributed by atoms with E-state index in [0.29, 0.717) is 36.3 Å². The first-order valence-corrected chi connectivity index (χ1v) is 19.8. The summed E-state index contributed by atoms with van der Waals surface area (Å²) in [6, 6.07) is 21.1. The molecule has 52 heavy (non-hydrogen) atoms.